The maximum Gasteiger partial charge on any atom is 0.270 e. The molecule has 19 heavy (non-hydrogen) atoms. The lowest BCUT2D eigenvalue weighted by Crippen LogP contribution is -2.14. The molecule has 0 spiro atoms. The first kappa shape index (κ1) is 13.8. The number of hydrogen-bond donors (Lipinski definition) is 1. The van der Waals surface area contributed by atoms with Gasteiger partial charge in [-0.15, -0.1) is 5.10 Å². The fraction of sp³-hybridized carbons (Fsp3) is 0.273. The number of carbonyl (C=O) groups is 1. The molecule has 0 saturated carbocycles. The van der Waals surface area contributed by atoms with Gasteiger partial charge in [0.2, 0.25) is 0 Å². The molecule has 1 aromatic carbocycles. The maximum absolute atomic E-state index is 12.0. The van der Waals surface area contributed by atoms with Gasteiger partial charge in [-0.05, 0) is 29.8 Å². The Morgan fingerprint density at radius 1 is 1.42 bits per heavy atom. The van der Waals surface area contributed by atoms with Crippen LogP contribution in [0.3, 0.4) is 0 Å². The number of anilines is 1. The van der Waals surface area contributed by atoms with E-state index in [4.69, 9.17) is 23.2 Å². The minimum atomic E-state index is -0.427. The van der Waals surface area contributed by atoms with Crippen molar-refractivity contribution in [3.63, 3.8) is 0 Å². The van der Waals surface area contributed by atoms with E-state index in [1.165, 1.54) is 10.9 Å². The average Bonchev–Trinajstić information content (AvgIpc) is 2.80. The van der Waals surface area contributed by atoms with Crippen molar-refractivity contribution < 1.29 is 4.79 Å². The van der Waals surface area contributed by atoms with Crippen molar-refractivity contribution in [1.29, 1.82) is 0 Å². The largest absolute Gasteiger partial charge is 0.288 e. The summed E-state index contributed by atoms with van der Waals surface area (Å²) in [5.74, 6) is -0.293. The predicted octanol–water partition coefficient (Wildman–Crippen LogP) is 2.64. The van der Waals surface area contributed by atoms with E-state index in [0.717, 1.165) is 6.42 Å². The highest BCUT2D eigenvalue weighted by molar-refractivity contribution is 6.36. The van der Waals surface area contributed by atoms with E-state index in [-0.39, 0.29) is 11.5 Å². The first-order valence-corrected chi connectivity index (χ1v) is 6.40. The summed E-state index contributed by atoms with van der Waals surface area (Å²) in [5, 5.41) is 14.8. The van der Waals surface area contributed by atoms with Gasteiger partial charge in [0.1, 0.15) is 0 Å². The van der Waals surface area contributed by atoms with Gasteiger partial charge in [-0.3, -0.25) is 10.1 Å². The van der Waals surface area contributed by atoms with E-state index < -0.39 is 5.91 Å². The van der Waals surface area contributed by atoms with E-state index in [2.05, 4.69) is 20.7 Å². The molecular weight excluding hydrogens is 289 g/mol. The zero-order valence-corrected chi connectivity index (χ0v) is 11.6. The molecule has 2 rings (SSSR count). The Hall–Kier alpha value is -1.66. The molecule has 0 bridgehead atoms. The van der Waals surface area contributed by atoms with Crippen LogP contribution in [0.25, 0.3) is 0 Å². The summed E-state index contributed by atoms with van der Waals surface area (Å²) in [7, 11) is 0. The van der Waals surface area contributed by atoms with Crippen LogP contribution in [0.15, 0.2) is 18.2 Å². The summed E-state index contributed by atoms with van der Waals surface area (Å²) in [6.07, 6.45) is 0.879. The summed E-state index contributed by atoms with van der Waals surface area (Å²) in [6, 6.07) is 4.65. The van der Waals surface area contributed by atoms with E-state index in [0.29, 0.717) is 16.6 Å². The third-order valence-corrected chi connectivity index (χ3v) is 2.84. The van der Waals surface area contributed by atoms with Crippen molar-refractivity contribution in [2.24, 2.45) is 0 Å². The maximum atomic E-state index is 12.0. The van der Waals surface area contributed by atoms with Crippen molar-refractivity contribution in [2.45, 2.75) is 19.9 Å². The molecule has 2 aromatic rings. The Morgan fingerprint density at radius 3 is 2.95 bits per heavy atom. The molecule has 0 aliphatic carbocycles. The number of halogens is 2. The number of benzene rings is 1. The highest BCUT2D eigenvalue weighted by Gasteiger charge is 2.13. The van der Waals surface area contributed by atoms with Crippen molar-refractivity contribution >= 4 is 35.1 Å². The van der Waals surface area contributed by atoms with Gasteiger partial charge < -0.3 is 0 Å². The monoisotopic (exact) mass is 299 g/mol. The third-order valence-electron chi connectivity index (χ3n) is 2.27. The lowest BCUT2D eigenvalue weighted by atomic mass is 10.2. The zero-order chi connectivity index (χ0) is 13.8. The molecule has 0 saturated heterocycles. The fourth-order valence-electron chi connectivity index (χ4n) is 1.43. The molecule has 1 heterocycles. The molecule has 8 heteroatoms. The molecule has 0 unspecified atom stereocenters. The van der Waals surface area contributed by atoms with Crippen molar-refractivity contribution in [3.8, 4) is 0 Å². The van der Waals surface area contributed by atoms with Gasteiger partial charge >= 0.3 is 0 Å². The molecule has 0 fully saturated rings. The number of aromatic nitrogens is 4. The molecule has 1 N–H and O–H groups in total. The number of hydrogen-bond acceptors (Lipinski definition) is 4. The summed E-state index contributed by atoms with van der Waals surface area (Å²) in [6.45, 7) is 2.63. The lowest BCUT2D eigenvalue weighted by molar-refractivity contribution is 0.102. The Kier molecular flexibility index (Phi) is 4.34. The molecule has 0 atom stereocenters. The highest BCUT2D eigenvalue weighted by atomic mass is 35.5. The number of amides is 1. The van der Waals surface area contributed by atoms with Gasteiger partial charge in [0.05, 0.1) is 17.1 Å². The van der Waals surface area contributed by atoms with Crippen LogP contribution >= 0.6 is 23.2 Å². The fourth-order valence-corrected chi connectivity index (χ4v) is 1.80. The second kappa shape index (κ2) is 5.99. The average molecular weight is 300 g/mol. The second-order valence-electron chi connectivity index (χ2n) is 3.79. The van der Waals surface area contributed by atoms with E-state index in [1.54, 1.807) is 12.1 Å². The highest BCUT2D eigenvalue weighted by Crippen LogP contribution is 2.21. The molecule has 0 aliphatic heterocycles. The van der Waals surface area contributed by atoms with Crippen LogP contribution in [-0.2, 0) is 6.54 Å². The van der Waals surface area contributed by atoms with Crippen LogP contribution < -0.4 is 5.32 Å². The summed E-state index contributed by atoms with van der Waals surface area (Å²) < 4.78 is 0. The van der Waals surface area contributed by atoms with E-state index >= 15 is 0 Å². The van der Waals surface area contributed by atoms with Crippen LogP contribution in [0.4, 0.5) is 5.95 Å². The predicted molar refractivity (Wildman–Crippen MR) is 72.5 cm³/mol. The topological polar surface area (TPSA) is 72.7 Å². The van der Waals surface area contributed by atoms with Crippen LogP contribution in [0.5, 0.6) is 0 Å². The molecule has 1 amide bonds. The SMILES string of the molecule is CCCn1nnc(NC(=O)c2cc(Cl)ccc2Cl)n1. The van der Waals surface area contributed by atoms with Crippen molar-refractivity contribution in [3.05, 3.63) is 33.8 Å². The first-order valence-electron chi connectivity index (χ1n) is 5.64. The number of tetrazole rings is 1. The van der Waals surface area contributed by atoms with Gasteiger partial charge in [0.25, 0.3) is 11.9 Å². The second-order valence-corrected chi connectivity index (χ2v) is 4.63. The quantitative estimate of drug-likeness (QED) is 0.942. The van der Waals surface area contributed by atoms with Crippen LogP contribution in [0, 0.1) is 0 Å². The van der Waals surface area contributed by atoms with Crippen LogP contribution in [0.1, 0.15) is 23.7 Å². The number of nitrogens with zero attached hydrogens (tertiary/aromatic N) is 4. The standard InChI is InChI=1S/C11H11Cl2N5O/c1-2-5-18-16-11(15-17-18)14-10(19)8-6-7(12)3-4-9(8)13/h3-4,6H,2,5H2,1H3,(H,14,16,19). The molecule has 0 radical (unpaired) electrons. The Balaban J connectivity index is 2.13. The van der Waals surface area contributed by atoms with Gasteiger partial charge in [0.15, 0.2) is 0 Å². The Labute approximate surface area is 119 Å². The zero-order valence-electron chi connectivity index (χ0n) is 10.1. The molecule has 6 nitrogen and oxygen atoms in total. The number of rotatable bonds is 4. The number of carbonyl (C=O) groups excluding carboxylic acids is 1. The number of nitrogens with one attached hydrogen (secondary N) is 1. The first-order chi connectivity index (χ1) is 9.10. The summed E-state index contributed by atoms with van der Waals surface area (Å²) in [4.78, 5) is 13.4. The smallest absolute Gasteiger partial charge is 0.270 e. The molecule has 1 aromatic heterocycles. The molecule has 0 aliphatic rings. The Morgan fingerprint density at radius 2 is 2.21 bits per heavy atom. The Bertz CT molecular complexity index is 599. The van der Waals surface area contributed by atoms with Crippen molar-refractivity contribution in [1.82, 2.24) is 20.2 Å². The lowest BCUT2D eigenvalue weighted by Gasteiger charge is -2.03. The van der Waals surface area contributed by atoms with Crippen LogP contribution in [-0.4, -0.2) is 26.1 Å². The van der Waals surface area contributed by atoms with Crippen LogP contribution in [0.2, 0.25) is 10.0 Å². The van der Waals surface area contributed by atoms with Gasteiger partial charge in [-0.1, -0.05) is 35.2 Å². The van der Waals surface area contributed by atoms with E-state index in [9.17, 15) is 4.79 Å². The van der Waals surface area contributed by atoms with Gasteiger partial charge in [-0.25, -0.2) is 0 Å². The normalized spacial score (nSPS) is 10.5. The third kappa shape index (κ3) is 3.42. The van der Waals surface area contributed by atoms with E-state index in [1.807, 2.05) is 6.92 Å². The van der Waals surface area contributed by atoms with Crippen molar-refractivity contribution in [2.75, 3.05) is 5.32 Å². The number of aryl methyl sites for hydroxylation is 1. The summed E-state index contributed by atoms with van der Waals surface area (Å²) >= 11 is 11.8. The summed E-state index contributed by atoms with van der Waals surface area (Å²) in [5.41, 5.74) is 0.265. The van der Waals surface area contributed by atoms with Gasteiger partial charge in [0, 0.05) is 5.02 Å². The molecular formula is C11H11Cl2N5O. The minimum Gasteiger partial charge on any atom is -0.288 e. The minimum absolute atomic E-state index is 0.134. The van der Waals surface area contributed by atoms with Gasteiger partial charge in [-0.2, -0.15) is 4.80 Å². The molecule has 100 valence electrons.